The van der Waals surface area contributed by atoms with Gasteiger partial charge in [0.2, 0.25) is 0 Å². The van der Waals surface area contributed by atoms with E-state index in [9.17, 15) is 4.79 Å². The molecule has 1 aromatic heterocycles. The van der Waals surface area contributed by atoms with Crippen LogP contribution in [-0.2, 0) is 6.54 Å². The van der Waals surface area contributed by atoms with Crippen LogP contribution < -0.4 is 5.32 Å². The Balaban J connectivity index is 1.86. The number of rotatable bonds is 3. The van der Waals surface area contributed by atoms with Gasteiger partial charge in [-0.1, -0.05) is 50.3 Å². The van der Waals surface area contributed by atoms with Gasteiger partial charge in [-0.15, -0.1) is 0 Å². The SMILES string of the molecule is CCn1c(C(=O)NC2CCCCCCC2)c(C)c2ccccc21. The standard InChI is InChI=1S/C20H28N2O/c1-3-22-18-14-10-9-13-17(18)15(2)19(22)20(23)21-16-11-7-5-4-6-8-12-16/h9-10,13-14,16H,3-8,11-12H2,1-2H3,(H,21,23). The summed E-state index contributed by atoms with van der Waals surface area (Å²) in [6.45, 7) is 5.00. The Morgan fingerprint density at radius 1 is 1.13 bits per heavy atom. The Kier molecular flexibility index (Phi) is 5.04. The van der Waals surface area contributed by atoms with E-state index in [1.807, 2.05) is 12.1 Å². The van der Waals surface area contributed by atoms with Gasteiger partial charge < -0.3 is 9.88 Å². The van der Waals surface area contributed by atoms with Crippen LogP contribution in [0.2, 0.25) is 0 Å². The zero-order valence-electron chi connectivity index (χ0n) is 14.4. The second-order valence-corrected chi connectivity index (χ2v) is 6.75. The van der Waals surface area contributed by atoms with Crippen LogP contribution in [0.4, 0.5) is 0 Å². The van der Waals surface area contributed by atoms with Crippen LogP contribution >= 0.6 is 0 Å². The zero-order chi connectivity index (χ0) is 16.2. The highest BCUT2D eigenvalue weighted by Gasteiger charge is 2.22. The van der Waals surface area contributed by atoms with E-state index in [4.69, 9.17) is 0 Å². The molecule has 1 aliphatic rings. The summed E-state index contributed by atoms with van der Waals surface area (Å²) >= 11 is 0. The Morgan fingerprint density at radius 2 is 1.78 bits per heavy atom. The Bertz CT molecular complexity index is 678. The summed E-state index contributed by atoms with van der Waals surface area (Å²) in [4.78, 5) is 12.9. The largest absolute Gasteiger partial charge is 0.348 e. The third-order valence-electron chi connectivity index (χ3n) is 5.20. The summed E-state index contributed by atoms with van der Waals surface area (Å²) in [5.74, 6) is 0.103. The number of hydrogen-bond donors (Lipinski definition) is 1. The minimum absolute atomic E-state index is 0.103. The number of aromatic nitrogens is 1. The van der Waals surface area contributed by atoms with Crippen LogP contribution in [0.25, 0.3) is 10.9 Å². The van der Waals surface area contributed by atoms with Crippen LogP contribution in [0.1, 0.15) is 67.9 Å². The lowest BCUT2D eigenvalue weighted by atomic mass is 9.96. The number of nitrogens with zero attached hydrogens (tertiary/aromatic N) is 1. The van der Waals surface area contributed by atoms with Crippen LogP contribution in [0, 0.1) is 6.92 Å². The molecule has 3 heteroatoms. The maximum atomic E-state index is 12.9. The molecule has 1 fully saturated rings. The van der Waals surface area contributed by atoms with E-state index in [0.717, 1.165) is 36.2 Å². The van der Waals surface area contributed by atoms with Crippen LogP contribution in [0.3, 0.4) is 0 Å². The molecule has 0 bridgehead atoms. The molecule has 1 N–H and O–H groups in total. The van der Waals surface area contributed by atoms with E-state index in [1.54, 1.807) is 0 Å². The van der Waals surface area contributed by atoms with Gasteiger partial charge in [-0.2, -0.15) is 0 Å². The molecule has 1 aliphatic carbocycles. The summed E-state index contributed by atoms with van der Waals surface area (Å²) in [7, 11) is 0. The van der Waals surface area contributed by atoms with Gasteiger partial charge in [-0.25, -0.2) is 0 Å². The lowest BCUT2D eigenvalue weighted by molar-refractivity contribution is 0.0921. The first-order valence-electron chi connectivity index (χ1n) is 9.11. The Morgan fingerprint density at radius 3 is 2.48 bits per heavy atom. The number of para-hydroxylation sites is 1. The maximum absolute atomic E-state index is 12.9. The summed E-state index contributed by atoms with van der Waals surface area (Å²) < 4.78 is 2.16. The Hall–Kier alpha value is -1.77. The molecular weight excluding hydrogens is 284 g/mol. The molecule has 0 spiro atoms. The molecule has 23 heavy (non-hydrogen) atoms. The third kappa shape index (κ3) is 3.29. The number of hydrogen-bond acceptors (Lipinski definition) is 1. The average Bonchev–Trinajstić information content (AvgIpc) is 2.82. The fourth-order valence-electron chi connectivity index (χ4n) is 3.95. The smallest absolute Gasteiger partial charge is 0.268 e. The molecule has 3 nitrogen and oxygen atoms in total. The number of carbonyl (C=O) groups excluding carboxylic acids is 1. The van der Waals surface area contributed by atoms with Crippen molar-refractivity contribution in [3.8, 4) is 0 Å². The Labute approximate surface area is 139 Å². The fourth-order valence-corrected chi connectivity index (χ4v) is 3.95. The zero-order valence-corrected chi connectivity index (χ0v) is 14.4. The molecule has 0 radical (unpaired) electrons. The van der Waals surface area contributed by atoms with Crippen LogP contribution in [-0.4, -0.2) is 16.5 Å². The number of amides is 1. The lowest BCUT2D eigenvalue weighted by Gasteiger charge is -2.21. The molecule has 1 aromatic carbocycles. The quantitative estimate of drug-likeness (QED) is 0.867. The number of aryl methyl sites for hydroxylation is 2. The van der Waals surface area contributed by atoms with Gasteiger partial charge in [0.1, 0.15) is 5.69 Å². The van der Waals surface area contributed by atoms with Crippen molar-refractivity contribution >= 4 is 16.8 Å². The number of fused-ring (bicyclic) bond motifs is 1. The number of carbonyl (C=O) groups is 1. The van der Waals surface area contributed by atoms with Crippen molar-refractivity contribution in [1.29, 1.82) is 0 Å². The first-order chi connectivity index (χ1) is 11.2. The lowest BCUT2D eigenvalue weighted by Crippen LogP contribution is -2.36. The maximum Gasteiger partial charge on any atom is 0.268 e. The molecule has 0 unspecified atom stereocenters. The second-order valence-electron chi connectivity index (χ2n) is 6.75. The van der Waals surface area contributed by atoms with Gasteiger partial charge in [0, 0.05) is 23.5 Å². The molecule has 1 amide bonds. The van der Waals surface area contributed by atoms with Crippen molar-refractivity contribution < 1.29 is 4.79 Å². The van der Waals surface area contributed by atoms with Gasteiger partial charge in [0.25, 0.3) is 5.91 Å². The van der Waals surface area contributed by atoms with Gasteiger partial charge in [-0.05, 0) is 38.3 Å². The first-order valence-corrected chi connectivity index (χ1v) is 9.11. The van der Waals surface area contributed by atoms with Crippen LogP contribution in [0.5, 0.6) is 0 Å². The van der Waals surface area contributed by atoms with E-state index >= 15 is 0 Å². The minimum Gasteiger partial charge on any atom is -0.348 e. The van der Waals surface area contributed by atoms with Crippen molar-refractivity contribution in [3.05, 3.63) is 35.5 Å². The number of benzene rings is 1. The van der Waals surface area contributed by atoms with Crippen molar-refractivity contribution in [2.75, 3.05) is 0 Å². The van der Waals surface area contributed by atoms with Crippen molar-refractivity contribution in [2.24, 2.45) is 0 Å². The fraction of sp³-hybridized carbons (Fsp3) is 0.550. The van der Waals surface area contributed by atoms with E-state index in [0.29, 0.717) is 6.04 Å². The van der Waals surface area contributed by atoms with E-state index in [2.05, 4.69) is 35.9 Å². The second kappa shape index (κ2) is 7.20. The molecule has 0 saturated heterocycles. The summed E-state index contributed by atoms with van der Waals surface area (Å²) in [6, 6.07) is 8.66. The summed E-state index contributed by atoms with van der Waals surface area (Å²) in [6.07, 6.45) is 8.68. The van der Waals surface area contributed by atoms with Crippen molar-refractivity contribution in [2.45, 2.75) is 71.4 Å². The predicted molar refractivity (Wildman–Crippen MR) is 95.9 cm³/mol. The van der Waals surface area contributed by atoms with E-state index in [-0.39, 0.29) is 5.91 Å². The average molecular weight is 312 g/mol. The van der Waals surface area contributed by atoms with Crippen molar-refractivity contribution in [3.63, 3.8) is 0 Å². The van der Waals surface area contributed by atoms with Gasteiger partial charge in [0.05, 0.1) is 0 Å². The van der Waals surface area contributed by atoms with Gasteiger partial charge in [0.15, 0.2) is 0 Å². The van der Waals surface area contributed by atoms with E-state index < -0.39 is 0 Å². The normalized spacial score (nSPS) is 17.0. The first kappa shape index (κ1) is 16.1. The molecule has 1 heterocycles. The molecule has 2 aromatic rings. The molecule has 0 aliphatic heterocycles. The van der Waals surface area contributed by atoms with Gasteiger partial charge >= 0.3 is 0 Å². The molecule has 1 saturated carbocycles. The molecule has 0 atom stereocenters. The molecular formula is C20H28N2O. The molecule has 124 valence electrons. The monoisotopic (exact) mass is 312 g/mol. The van der Waals surface area contributed by atoms with Crippen molar-refractivity contribution in [1.82, 2.24) is 9.88 Å². The summed E-state index contributed by atoms with van der Waals surface area (Å²) in [5, 5.41) is 4.51. The third-order valence-corrected chi connectivity index (χ3v) is 5.20. The van der Waals surface area contributed by atoms with Gasteiger partial charge in [-0.3, -0.25) is 4.79 Å². The highest BCUT2D eigenvalue weighted by molar-refractivity contribution is 6.01. The topological polar surface area (TPSA) is 34.0 Å². The highest BCUT2D eigenvalue weighted by atomic mass is 16.2. The minimum atomic E-state index is 0.103. The summed E-state index contributed by atoms with van der Waals surface area (Å²) in [5.41, 5.74) is 3.11. The van der Waals surface area contributed by atoms with E-state index in [1.165, 1.54) is 37.5 Å². The molecule has 3 rings (SSSR count). The number of nitrogens with one attached hydrogen (secondary N) is 1. The predicted octanol–water partition coefficient (Wildman–Crippen LogP) is 4.81. The highest BCUT2D eigenvalue weighted by Crippen LogP contribution is 2.26. The van der Waals surface area contributed by atoms with Crippen LogP contribution in [0.15, 0.2) is 24.3 Å².